The Morgan fingerprint density at radius 2 is 1.40 bits per heavy atom. The Morgan fingerprint density at radius 3 is 2.08 bits per heavy atom. The molecule has 1 aromatic heterocycles. The fourth-order valence-electron chi connectivity index (χ4n) is 12.0. The molecule has 18 heteroatoms. The summed E-state index contributed by atoms with van der Waals surface area (Å²) in [7, 11) is 0. The number of hydrogen-bond acceptors (Lipinski definition) is 18. The topological polar surface area (TPSA) is 285 Å². The van der Waals surface area contributed by atoms with Crippen LogP contribution in [0.2, 0.25) is 0 Å². The zero-order valence-corrected chi connectivity index (χ0v) is 33.9. The van der Waals surface area contributed by atoms with Crippen LogP contribution in [0.1, 0.15) is 83.6 Å². The predicted octanol–water partition coefficient (Wildman–Crippen LogP) is -1.13. The van der Waals surface area contributed by atoms with Gasteiger partial charge in [-0.15, -0.1) is 0 Å². The summed E-state index contributed by atoms with van der Waals surface area (Å²) in [6.45, 7) is 4.42. The van der Waals surface area contributed by atoms with E-state index in [-0.39, 0.29) is 17.8 Å². The normalized spacial score (nSPS) is 51.8. The summed E-state index contributed by atoms with van der Waals surface area (Å²) in [5, 5.41) is 97.5. The van der Waals surface area contributed by atoms with Crippen LogP contribution in [0.5, 0.6) is 0 Å². The van der Waals surface area contributed by atoms with Crippen LogP contribution in [0.4, 0.5) is 0 Å². The van der Waals surface area contributed by atoms with Crippen LogP contribution in [-0.4, -0.2) is 163 Å². The van der Waals surface area contributed by atoms with Gasteiger partial charge < -0.3 is 83.6 Å². The van der Waals surface area contributed by atoms with Crippen LogP contribution in [0.3, 0.4) is 0 Å². The molecule has 9 N–H and O–H groups in total. The Labute approximate surface area is 346 Å². The molecule has 18 nitrogen and oxygen atoms in total. The van der Waals surface area contributed by atoms with Crippen molar-refractivity contribution in [2.24, 2.45) is 22.7 Å². The van der Waals surface area contributed by atoms with E-state index in [4.69, 9.17) is 32.8 Å². The minimum absolute atomic E-state index is 0.00613. The molecule has 1 aromatic rings. The van der Waals surface area contributed by atoms with E-state index >= 15 is 0 Å². The Balaban J connectivity index is 1.01. The molecule has 336 valence electrons. The second-order valence-electron chi connectivity index (χ2n) is 18.5. The molecule has 6 fully saturated rings. The van der Waals surface area contributed by atoms with Crippen LogP contribution in [0, 0.1) is 22.7 Å². The van der Waals surface area contributed by atoms with Crippen molar-refractivity contribution in [1.82, 2.24) is 0 Å². The fourth-order valence-corrected chi connectivity index (χ4v) is 12.0. The van der Waals surface area contributed by atoms with Gasteiger partial charge in [0.1, 0.15) is 67.3 Å². The number of ether oxygens (including phenoxy) is 6. The van der Waals surface area contributed by atoms with E-state index in [9.17, 15) is 55.5 Å². The molecule has 3 saturated heterocycles. The first-order valence-electron chi connectivity index (χ1n) is 21.3. The molecule has 0 spiro atoms. The van der Waals surface area contributed by atoms with E-state index in [1.807, 2.05) is 6.08 Å². The number of allylic oxidation sites excluding steroid dienone is 1. The Kier molecular flexibility index (Phi) is 12.4. The average molecular weight is 853 g/mol. The molecule has 1 unspecified atom stereocenters. The maximum absolute atomic E-state index is 13.3. The van der Waals surface area contributed by atoms with E-state index in [2.05, 4.69) is 6.92 Å². The number of rotatable bonds is 9. The third-order valence-corrected chi connectivity index (χ3v) is 15.5. The van der Waals surface area contributed by atoms with Gasteiger partial charge in [-0.3, -0.25) is 0 Å². The zero-order valence-electron chi connectivity index (χ0n) is 33.9. The van der Waals surface area contributed by atoms with E-state index < -0.39 is 127 Å². The zero-order chi connectivity index (χ0) is 43.1. The number of aliphatic hydroxyl groups is 9. The third-order valence-electron chi connectivity index (χ3n) is 15.5. The molecule has 3 aliphatic heterocycles. The molecular weight excluding hydrogens is 792 g/mol. The van der Waals surface area contributed by atoms with Gasteiger partial charge in [0.2, 0.25) is 0 Å². The highest BCUT2D eigenvalue weighted by Crippen LogP contribution is 2.70. The minimum Gasteiger partial charge on any atom is -0.431 e. The second-order valence-corrected chi connectivity index (χ2v) is 18.5. The smallest absolute Gasteiger partial charge is 0.335 e. The van der Waals surface area contributed by atoms with Crippen molar-refractivity contribution in [2.75, 3.05) is 6.61 Å². The van der Waals surface area contributed by atoms with Gasteiger partial charge in [0.25, 0.3) is 0 Å². The molecule has 3 saturated carbocycles. The first-order valence-corrected chi connectivity index (χ1v) is 21.3. The van der Waals surface area contributed by atoms with Crippen LogP contribution in [0.15, 0.2) is 39.3 Å². The van der Waals surface area contributed by atoms with Gasteiger partial charge in [-0.1, -0.05) is 18.6 Å². The molecule has 0 aromatic carbocycles. The van der Waals surface area contributed by atoms with E-state index in [1.54, 1.807) is 13.0 Å². The summed E-state index contributed by atoms with van der Waals surface area (Å²) in [5.41, 5.74) is -0.988. The Morgan fingerprint density at radius 1 is 0.733 bits per heavy atom. The van der Waals surface area contributed by atoms with Crippen molar-refractivity contribution in [2.45, 2.75) is 182 Å². The SMILES string of the molecule is C[C@@H]1O[C@@H](O[C@H]2[C@@H](O)[C@H](O[C@@H]3C=C4CC[C@@H]5[C@H](CC[C@]6(C)C(c7ccc(=O)oc7)CC[C@]56O)[C@@]4(C=O)CC3)O[C@@H](C)[C@@H]2O[C@@H]2O[C@H](CO)[C@@H](O)[C@H](O)[C@H]2O)[C@H](O)[C@H](O)[C@H]1O. The van der Waals surface area contributed by atoms with Gasteiger partial charge in [-0.05, 0) is 94.6 Å². The first-order chi connectivity index (χ1) is 28.5. The van der Waals surface area contributed by atoms with E-state index in [1.165, 1.54) is 19.3 Å². The largest absolute Gasteiger partial charge is 0.431 e. The Bertz CT molecular complexity index is 1770. The van der Waals surface area contributed by atoms with Gasteiger partial charge in [0.15, 0.2) is 18.9 Å². The lowest BCUT2D eigenvalue weighted by molar-refractivity contribution is -0.384. The summed E-state index contributed by atoms with van der Waals surface area (Å²) in [6, 6.07) is 3.20. The number of aliphatic hydroxyl groups excluding tert-OH is 8. The third kappa shape index (κ3) is 7.17. The standard InChI is InChI=1S/C42H60O18/c1-18-28(46)30(48)32(50)37(55-18)60-36-34(52)39(56-19(2)35(36)59-38-33(51)31(49)29(47)26(15-43)58-38)57-22-8-12-41(17-44)21(14-22)5-6-25-24(41)9-11-40(3)23(10-13-42(25,40)53)20-4-7-27(45)54-16-20/h4,7,14,16-19,22-26,28-39,43,46-53H,5-6,8-13,15H2,1-3H3/t18-,19-,22-,23?,24-,25+,26+,28-,29+,30+,31-,32+,33+,34+,35-,36-,37-,38-,39-,40+,41+,42-/m0/s1. The van der Waals surface area contributed by atoms with Crippen molar-refractivity contribution < 1.29 is 83.6 Å². The minimum atomic E-state index is -1.81. The van der Waals surface area contributed by atoms with Crippen molar-refractivity contribution in [3.63, 3.8) is 0 Å². The van der Waals surface area contributed by atoms with Crippen molar-refractivity contribution in [1.29, 1.82) is 0 Å². The quantitative estimate of drug-likeness (QED) is 0.105. The molecule has 22 atom stereocenters. The van der Waals surface area contributed by atoms with Crippen molar-refractivity contribution in [3.8, 4) is 0 Å². The highest BCUT2D eigenvalue weighted by molar-refractivity contribution is 5.67. The predicted molar refractivity (Wildman–Crippen MR) is 202 cm³/mol. The van der Waals surface area contributed by atoms with Crippen LogP contribution >= 0.6 is 0 Å². The molecule has 60 heavy (non-hydrogen) atoms. The molecule has 4 heterocycles. The molecule has 0 amide bonds. The lowest BCUT2D eigenvalue weighted by Crippen LogP contribution is -2.66. The number of carbonyl (C=O) groups excluding carboxylic acids is 1. The second kappa shape index (κ2) is 16.7. The molecule has 7 aliphatic rings. The monoisotopic (exact) mass is 852 g/mol. The van der Waals surface area contributed by atoms with Crippen LogP contribution in [-0.2, 0) is 33.2 Å². The lowest BCUT2D eigenvalue weighted by atomic mass is 9.45. The summed E-state index contributed by atoms with van der Waals surface area (Å²) < 4.78 is 41.2. The molecular formula is C42H60O18. The highest BCUT2D eigenvalue weighted by atomic mass is 16.8. The Hall–Kier alpha value is -2.24. The fraction of sp³-hybridized carbons (Fsp3) is 0.810. The first kappa shape index (κ1) is 44.4. The summed E-state index contributed by atoms with van der Waals surface area (Å²) >= 11 is 0. The van der Waals surface area contributed by atoms with Gasteiger partial charge in [-0.2, -0.15) is 0 Å². The van der Waals surface area contributed by atoms with E-state index in [0.717, 1.165) is 23.8 Å². The summed E-state index contributed by atoms with van der Waals surface area (Å²) in [5.74, 6) is -0.262. The molecule has 8 rings (SSSR count). The van der Waals surface area contributed by atoms with Gasteiger partial charge in [0, 0.05) is 11.5 Å². The molecule has 4 aliphatic carbocycles. The number of hydrogen-bond donors (Lipinski definition) is 9. The molecule has 0 radical (unpaired) electrons. The summed E-state index contributed by atoms with van der Waals surface area (Å²) in [4.78, 5) is 25.1. The van der Waals surface area contributed by atoms with Crippen molar-refractivity contribution >= 4 is 6.29 Å². The average Bonchev–Trinajstić information content (AvgIpc) is 3.52. The van der Waals surface area contributed by atoms with Crippen molar-refractivity contribution in [3.05, 3.63) is 46.0 Å². The highest BCUT2D eigenvalue weighted by Gasteiger charge is 2.68. The van der Waals surface area contributed by atoms with E-state index in [0.29, 0.717) is 44.9 Å². The number of carbonyl (C=O) groups is 1. The summed E-state index contributed by atoms with van der Waals surface area (Å²) in [6.07, 6.45) is -14.1. The van der Waals surface area contributed by atoms with Gasteiger partial charge in [0.05, 0.1) is 42.2 Å². The molecule has 0 bridgehead atoms. The van der Waals surface area contributed by atoms with Crippen LogP contribution < -0.4 is 5.63 Å². The van der Waals surface area contributed by atoms with Gasteiger partial charge in [-0.25, -0.2) is 4.79 Å². The number of aldehydes is 1. The number of fused-ring (bicyclic) bond motifs is 5. The van der Waals surface area contributed by atoms with Gasteiger partial charge >= 0.3 is 5.63 Å². The van der Waals surface area contributed by atoms with Crippen LogP contribution in [0.25, 0.3) is 0 Å². The lowest BCUT2D eigenvalue weighted by Gasteiger charge is -2.61. The maximum Gasteiger partial charge on any atom is 0.335 e. The maximum atomic E-state index is 13.3.